The molecule has 3 aromatic rings. The standard InChI is InChI=1S/C20H18N2O3/c1-13-6-10-15(11-7-13)24-18-5-3-2-4-16(18)21-20(23)17-12-19(25-22-17)14-8-9-14/h2-7,10-12,14H,8-9H2,1H3,(H,21,23). The van der Waals surface area contributed by atoms with Gasteiger partial charge in [-0.05, 0) is 44.0 Å². The number of aromatic nitrogens is 1. The van der Waals surface area contributed by atoms with E-state index >= 15 is 0 Å². The van der Waals surface area contributed by atoms with Gasteiger partial charge in [0.1, 0.15) is 11.5 Å². The summed E-state index contributed by atoms with van der Waals surface area (Å²) in [4.78, 5) is 12.4. The number of hydrogen-bond acceptors (Lipinski definition) is 4. The number of ether oxygens (including phenoxy) is 1. The molecular weight excluding hydrogens is 316 g/mol. The Morgan fingerprint density at radius 3 is 2.68 bits per heavy atom. The van der Waals surface area contributed by atoms with Crippen LogP contribution in [-0.4, -0.2) is 11.1 Å². The molecule has 2 aromatic carbocycles. The van der Waals surface area contributed by atoms with Crippen molar-refractivity contribution in [2.75, 3.05) is 5.32 Å². The summed E-state index contributed by atoms with van der Waals surface area (Å²) in [5.74, 6) is 2.19. The van der Waals surface area contributed by atoms with E-state index in [4.69, 9.17) is 9.26 Å². The molecular formula is C20H18N2O3. The molecule has 25 heavy (non-hydrogen) atoms. The fourth-order valence-electron chi connectivity index (χ4n) is 2.54. The summed E-state index contributed by atoms with van der Waals surface area (Å²) in [5, 5.41) is 6.71. The highest BCUT2D eigenvalue weighted by atomic mass is 16.5. The third kappa shape index (κ3) is 3.55. The van der Waals surface area contributed by atoms with Crippen LogP contribution in [0.5, 0.6) is 11.5 Å². The Kier molecular flexibility index (Phi) is 3.98. The number of carbonyl (C=O) groups is 1. The average Bonchev–Trinajstić information content (AvgIpc) is 3.35. The summed E-state index contributed by atoms with van der Waals surface area (Å²) in [6.45, 7) is 2.02. The normalized spacial score (nSPS) is 13.5. The molecule has 1 aliphatic carbocycles. The third-order valence-electron chi connectivity index (χ3n) is 4.12. The summed E-state index contributed by atoms with van der Waals surface area (Å²) >= 11 is 0. The zero-order valence-corrected chi connectivity index (χ0v) is 13.9. The Morgan fingerprint density at radius 1 is 1.16 bits per heavy atom. The lowest BCUT2D eigenvalue weighted by atomic mass is 10.2. The van der Waals surface area contributed by atoms with Crippen LogP contribution in [0, 0.1) is 6.92 Å². The first-order valence-corrected chi connectivity index (χ1v) is 8.30. The van der Waals surface area contributed by atoms with Crippen LogP contribution < -0.4 is 10.1 Å². The highest BCUT2D eigenvalue weighted by Gasteiger charge is 2.29. The Morgan fingerprint density at radius 2 is 1.92 bits per heavy atom. The molecule has 0 unspecified atom stereocenters. The predicted octanol–water partition coefficient (Wildman–Crippen LogP) is 4.91. The molecule has 0 spiro atoms. The smallest absolute Gasteiger partial charge is 0.277 e. The number of aryl methyl sites for hydroxylation is 1. The molecule has 1 aromatic heterocycles. The lowest BCUT2D eigenvalue weighted by molar-refractivity contribution is 0.101. The second-order valence-corrected chi connectivity index (χ2v) is 6.25. The summed E-state index contributed by atoms with van der Waals surface area (Å²) in [5.41, 5.74) is 2.03. The first-order chi connectivity index (χ1) is 12.2. The van der Waals surface area contributed by atoms with E-state index in [0.29, 0.717) is 23.1 Å². The number of amides is 1. The molecule has 4 rings (SSSR count). The molecule has 1 fully saturated rings. The molecule has 1 heterocycles. The first-order valence-electron chi connectivity index (χ1n) is 8.30. The van der Waals surface area contributed by atoms with Gasteiger partial charge in [0.25, 0.3) is 5.91 Å². The third-order valence-corrected chi connectivity index (χ3v) is 4.12. The van der Waals surface area contributed by atoms with Gasteiger partial charge in [-0.2, -0.15) is 0 Å². The quantitative estimate of drug-likeness (QED) is 0.720. The van der Waals surface area contributed by atoms with Crippen LogP contribution in [0.3, 0.4) is 0 Å². The second kappa shape index (κ2) is 6.43. The first kappa shape index (κ1) is 15.4. The minimum atomic E-state index is -0.310. The Labute approximate surface area is 145 Å². The van der Waals surface area contributed by atoms with Gasteiger partial charge < -0.3 is 14.6 Å². The highest BCUT2D eigenvalue weighted by Crippen LogP contribution is 2.40. The van der Waals surface area contributed by atoms with Gasteiger partial charge in [0, 0.05) is 12.0 Å². The molecule has 1 aliphatic rings. The molecule has 126 valence electrons. The molecule has 0 aliphatic heterocycles. The van der Waals surface area contributed by atoms with E-state index in [-0.39, 0.29) is 11.6 Å². The molecule has 5 heteroatoms. The maximum Gasteiger partial charge on any atom is 0.277 e. The molecule has 0 radical (unpaired) electrons. The lowest BCUT2D eigenvalue weighted by Crippen LogP contribution is -2.12. The molecule has 5 nitrogen and oxygen atoms in total. The van der Waals surface area contributed by atoms with Crippen LogP contribution in [0.4, 0.5) is 5.69 Å². The van der Waals surface area contributed by atoms with Crippen molar-refractivity contribution < 1.29 is 14.1 Å². The van der Waals surface area contributed by atoms with Crippen LogP contribution in [-0.2, 0) is 0 Å². The monoisotopic (exact) mass is 334 g/mol. The van der Waals surface area contributed by atoms with Crippen molar-refractivity contribution >= 4 is 11.6 Å². The fraction of sp³-hybridized carbons (Fsp3) is 0.200. The van der Waals surface area contributed by atoms with E-state index in [9.17, 15) is 4.79 Å². The Balaban J connectivity index is 1.51. The maximum atomic E-state index is 12.4. The van der Waals surface area contributed by atoms with Gasteiger partial charge in [-0.3, -0.25) is 4.79 Å². The van der Waals surface area contributed by atoms with Crippen LogP contribution >= 0.6 is 0 Å². The number of benzene rings is 2. The Hall–Kier alpha value is -3.08. The van der Waals surface area contributed by atoms with Crippen molar-refractivity contribution in [3.05, 3.63) is 71.6 Å². The summed E-state index contributed by atoms with van der Waals surface area (Å²) in [6.07, 6.45) is 2.20. The molecule has 1 saturated carbocycles. The molecule has 0 bridgehead atoms. The van der Waals surface area contributed by atoms with Crippen molar-refractivity contribution in [1.29, 1.82) is 0 Å². The summed E-state index contributed by atoms with van der Waals surface area (Å²) < 4.78 is 11.1. The SMILES string of the molecule is Cc1ccc(Oc2ccccc2NC(=O)c2cc(C3CC3)on2)cc1. The molecule has 0 atom stereocenters. The van der Waals surface area contributed by atoms with Crippen LogP contribution in [0.25, 0.3) is 0 Å². The van der Waals surface area contributed by atoms with Gasteiger partial charge in [-0.1, -0.05) is 35.0 Å². The van der Waals surface area contributed by atoms with Gasteiger partial charge in [0.05, 0.1) is 5.69 Å². The van der Waals surface area contributed by atoms with Crippen molar-refractivity contribution in [2.45, 2.75) is 25.7 Å². The van der Waals surface area contributed by atoms with E-state index in [1.54, 1.807) is 12.1 Å². The second-order valence-electron chi connectivity index (χ2n) is 6.25. The number of carbonyl (C=O) groups excluding carboxylic acids is 1. The largest absolute Gasteiger partial charge is 0.455 e. The number of hydrogen-bond donors (Lipinski definition) is 1. The van der Waals surface area contributed by atoms with Crippen LogP contribution in [0.15, 0.2) is 59.1 Å². The fourth-order valence-corrected chi connectivity index (χ4v) is 2.54. The van der Waals surface area contributed by atoms with Crippen molar-refractivity contribution in [1.82, 2.24) is 5.16 Å². The van der Waals surface area contributed by atoms with E-state index in [1.807, 2.05) is 49.4 Å². The number of para-hydroxylation sites is 2. The van der Waals surface area contributed by atoms with Crippen molar-refractivity contribution in [3.63, 3.8) is 0 Å². The topological polar surface area (TPSA) is 64.4 Å². The van der Waals surface area contributed by atoms with E-state index in [0.717, 1.165) is 24.2 Å². The number of anilines is 1. The minimum Gasteiger partial charge on any atom is -0.455 e. The molecule has 0 saturated heterocycles. The maximum absolute atomic E-state index is 12.4. The van der Waals surface area contributed by atoms with Gasteiger partial charge in [-0.15, -0.1) is 0 Å². The van der Waals surface area contributed by atoms with Gasteiger partial charge in [-0.25, -0.2) is 0 Å². The number of nitrogens with one attached hydrogen (secondary N) is 1. The summed E-state index contributed by atoms with van der Waals surface area (Å²) in [6, 6.07) is 16.8. The predicted molar refractivity (Wildman–Crippen MR) is 94.1 cm³/mol. The Bertz CT molecular complexity index is 895. The zero-order valence-electron chi connectivity index (χ0n) is 13.9. The number of nitrogens with zero attached hydrogens (tertiary/aromatic N) is 1. The van der Waals surface area contributed by atoms with Crippen LogP contribution in [0.2, 0.25) is 0 Å². The lowest BCUT2D eigenvalue weighted by Gasteiger charge is -2.11. The molecule has 1 N–H and O–H groups in total. The van der Waals surface area contributed by atoms with E-state index in [2.05, 4.69) is 10.5 Å². The summed E-state index contributed by atoms with van der Waals surface area (Å²) in [7, 11) is 0. The zero-order chi connectivity index (χ0) is 17.2. The molecule has 1 amide bonds. The highest BCUT2D eigenvalue weighted by molar-refractivity contribution is 6.03. The van der Waals surface area contributed by atoms with Crippen LogP contribution in [0.1, 0.15) is 40.6 Å². The van der Waals surface area contributed by atoms with E-state index in [1.165, 1.54) is 0 Å². The van der Waals surface area contributed by atoms with Crippen molar-refractivity contribution in [2.24, 2.45) is 0 Å². The van der Waals surface area contributed by atoms with Gasteiger partial charge in [0.2, 0.25) is 0 Å². The van der Waals surface area contributed by atoms with Crippen molar-refractivity contribution in [3.8, 4) is 11.5 Å². The minimum absolute atomic E-state index is 0.284. The van der Waals surface area contributed by atoms with Gasteiger partial charge >= 0.3 is 0 Å². The number of rotatable bonds is 5. The average molecular weight is 334 g/mol. The van der Waals surface area contributed by atoms with E-state index < -0.39 is 0 Å². The van der Waals surface area contributed by atoms with Gasteiger partial charge in [0.15, 0.2) is 11.4 Å².